The first-order chi connectivity index (χ1) is 23.3. The third-order valence-corrected chi connectivity index (χ3v) is 7.26. The Bertz CT molecular complexity index is 1530. The molecule has 0 aliphatic heterocycles. The monoisotopic (exact) mass is 1950 g/mol. The van der Waals surface area contributed by atoms with Gasteiger partial charge in [0, 0.05) is 252 Å². The molecule has 0 heterocycles. The minimum Gasteiger partial charge on any atom is -0.328 e. The van der Waals surface area contributed by atoms with Crippen LogP contribution in [0, 0.1) is 331 Å². The molecule has 2 aliphatic rings. The molecule has 0 spiro atoms. The summed E-state index contributed by atoms with van der Waals surface area (Å²) in [6.07, 6.45) is 13.3. The van der Waals surface area contributed by atoms with Crippen LogP contribution in [0.5, 0.6) is 0 Å². The second-order valence-corrected chi connectivity index (χ2v) is 10.8. The van der Waals surface area contributed by atoms with Crippen LogP contribution in [0.15, 0.2) is 84.9 Å². The van der Waals surface area contributed by atoms with Crippen LogP contribution in [0.2, 0.25) is 0 Å². The molecular formula is C42H34F6Rb5Yb5-5. The summed E-state index contributed by atoms with van der Waals surface area (Å²) in [6, 6.07) is 40.9. The van der Waals surface area contributed by atoms with Gasteiger partial charge in [0.05, 0.1) is 0 Å². The second-order valence-electron chi connectivity index (χ2n) is 10.8. The zero-order valence-corrected chi connectivity index (χ0v) is 65.8. The Hall–Kier alpha value is 12.3. The normalized spacial score (nSPS) is 11.8. The van der Waals surface area contributed by atoms with Gasteiger partial charge in [-0.05, 0) is 11.8 Å². The van der Waals surface area contributed by atoms with E-state index in [9.17, 15) is 26.3 Å². The zero-order valence-electron chi connectivity index (χ0n) is 32.7. The number of hydrogen-bond donors (Lipinski definition) is 0. The summed E-state index contributed by atoms with van der Waals surface area (Å²) in [5, 5.41) is 0. The second kappa shape index (κ2) is 58.6. The minimum absolute atomic E-state index is 0. The summed E-state index contributed by atoms with van der Waals surface area (Å²) in [7, 11) is 0. The van der Waals surface area contributed by atoms with Gasteiger partial charge in [-0.1, -0.05) is 25.7 Å². The third-order valence-electron chi connectivity index (χ3n) is 7.26. The van der Waals surface area contributed by atoms with Gasteiger partial charge in [0.2, 0.25) is 0 Å². The Morgan fingerprint density at radius 2 is 0.759 bits per heavy atom. The predicted octanol–water partition coefficient (Wildman–Crippen LogP) is -3.59. The molecule has 5 aromatic rings. The minimum atomic E-state index is -0.718. The molecule has 0 atom stereocenters. The molecule has 0 bridgehead atoms. The van der Waals surface area contributed by atoms with Crippen molar-refractivity contribution >= 4 is 0 Å². The van der Waals surface area contributed by atoms with Crippen molar-refractivity contribution in [3.05, 3.63) is 192 Å². The van der Waals surface area contributed by atoms with Crippen LogP contribution in [0.4, 0.5) is 26.3 Å². The largest absolute Gasteiger partial charge is 1.00 e. The van der Waals surface area contributed by atoms with Crippen LogP contribution in [0.25, 0.3) is 0 Å². The molecule has 0 nitrogen and oxygen atoms in total. The summed E-state index contributed by atoms with van der Waals surface area (Å²) >= 11 is 0. The van der Waals surface area contributed by atoms with Crippen molar-refractivity contribution in [3.63, 3.8) is 0 Å². The van der Waals surface area contributed by atoms with Crippen LogP contribution in [-0.2, 0) is 0 Å². The molecule has 0 radical (unpaired) electrons. The first-order valence-electron chi connectivity index (χ1n) is 15.6. The van der Waals surface area contributed by atoms with E-state index in [0.29, 0.717) is 11.8 Å². The van der Waals surface area contributed by atoms with Crippen molar-refractivity contribution in [2.75, 3.05) is 0 Å². The molecule has 16 heteroatoms. The Morgan fingerprint density at radius 3 is 1.09 bits per heavy atom. The maximum atomic E-state index is 12.9. The molecule has 324 valence electrons. The van der Waals surface area contributed by atoms with E-state index in [1.54, 1.807) is 24.3 Å². The predicted molar refractivity (Wildman–Crippen MR) is 174 cm³/mol. The Labute approximate surface area is 781 Å². The molecule has 2 aliphatic carbocycles. The SMILES string of the molecule is Fc1[c-]c(F)c[c-]c1.Fc1[c-]c(F)cc(C2CC[CH-]CC2)c1.Fc1[c-]cc[c-]c1.Fc1[c-]ccc(C2CC[CH-]CC2)c1.[Rb+].[Rb+].[Rb+].[Rb+].[Rb+].[Yb].[Yb].[Yb].[Yb].[Yb].[c-]1cc[c-]cc1. The Morgan fingerprint density at radius 1 is 0.397 bits per heavy atom. The van der Waals surface area contributed by atoms with E-state index in [1.165, 1.54) is 49.9 Å². The van der Waals surface area contributed by atoms with E-state index in [2.05, 4.69) is 49.2 Å². The standard InChI is InChI=1S/C12H12F2.C12H13F.C6H2F2.C6H3F.C6H4.5Rb.5Yb/c13-11-6-10(7-12(14)8-11)9-4-2-1-3-5-9;13-12-8-4-7-11(9-12)10-5-2-1-3-6-10;7-5-2-1-3-6(8)4-5;7-6-4-2-1-3-5-6;1-2-4-6-5-3-1;;;;;;;;;;/h1,6-7,9H,2-5H2;1,4,7,9-10H,2-3,5-6H2;2-3H;1-2,5H;1-2,5-6H;;;;;;;;;;/q5*-2;5*+1;;;;;. The maximum absolute atomic E-state index is 12.9. The van der Waals surface area contributed by atoms with Gasteiger partial charge in [0.15, 0.2) is 0 Å². The fraction of sp³-hybridized carbons (Fsp3) is 0.238. The average Bonchev–Trinajstić information content (AvgIpc) is 3.11. The Kier molecular flexibility index (Phi) is 87.8. The van der Waals surface area contributed by atoms with Crippen molar-refractivity contribution in [1.82, 2.24) is 0 Å². The van der Waals surface area contributed by atoms with Crippen LogP contribution in [0.1, 0.15) is 74.3 Å². The van der Waals surface area contributed by atoms with Crippen molar-refractivity contribution in [3.8, 4) is 0 Å². The Balaban J connectivity index is -0.0000000887. The number of hydrogen-bond acceptors (Lipinski definition) is 0. The summed E-state index contributed by atoms with van der Waals surface area (Å²) in [5.74, 6) is -2.32. The topological polar surface area (TPSA) is 0 Å². The summed E-state index contributed by atoms with van der Waals surface area (Å²) < 4.78 is 74.1. The van der Waals surface area contributed by atoms with Crippen LogP contribution in [-0.4, -0.2) is 0 Å². The van der Waals surface area contributed by atoms with Gasteiger partial charge in [-0.3, -0.25) is 60.7 Å². The van der Waals surface area contributed by atoms with Gasteiger partial charge < -0.3 is 50.3 Å². The van der Waals surface area contributed by atoms with Crippen molar-refractivity contribution in [2.24, 2.45) is 0 Å². The van der Waals surface area contributed by atoms with E-state index in [1.807, 2.05) is 36.4 Å². The van der Waals surface area contributed by atoms with Gasteiger partial charge in [0.1, 0.15) is 0 Å². The molecule has 58 heavy (non-hydrogen) atoms. The van der Waals surface area contributed by atoms with E-state index in [0.717, 1.165) is 48.9 Å². The van der Waals surface area contributed by atoms with Gasteiger partial charge >= 0.3 is 291 Å². The van der Waals surface area contributed by atoms with Crippen molar-refractivity contribution < 1.29 is 552 Å². The quantitative estimate of drug-likeness (QED) is 0.127. The first kappa shape index (κ1) is 87.0. The molecule has 0 saturated heterocycles. The molecule has 0 aromatic heterocycles. The van der Waals surface area contributed by atoms with Crippen molar-refractivity contribution in [1.29, 1.82) is 0 Å². The summed E-state index contributed by atoms with van der Waals surface area (Å²) in [5.41, 5.74) is 1.93. The molecule has 0 N–H and O–H groups in total. The maximum Gasteiger partial charge on any atom is 1.00 e. The molecule has 5 aromatic carbocycles. The van der Waals surface area contributed by atoms with Gasteiger partial charge in [0.25, 0.3) is 0 Å². The number of halogens is 6. The average molecular weight is 1950 g/mol. The van der Waals surface area contributed by atoms with Crippen LogP contribution < -0.4 is 291 Å². The fourth-order valence-corrected chi connectivity index (χ4v) is 4.99. The third kappa shape index (κ3) is 45.7. The first-order valence-corrected chi connectivity index (χ1v) is 15.6. The summed E-state index contributed by atoms with van der Waals surface area (Å²) in [6.45, 7) is 0. The van der Waals surface area contributed by atoms with E-state index >= 15 is 0 Å². The molecule has 0 unspecified atom stereocenters. The molecular weight excluding hydrogens is 1910 g/mol. The fourth-order valence-electron chi connectivity index (χ4n) is 4.99. The van der Waals surface area contributed by atoms with Gasteiger partial charge in [-0.25, -0.2) is 19.2 Å². The zero-order chi connectivity index (χ0) is 34.4. The molecule has 0 amide bonds. The van der Waals surface area contributed by atoms with Gasteiger partial charge in [-0.2, -0.15) is 43.4 Å². The van der Waals surface area contributed by atoms with E-state index < -0.39 is 23.3 Å². The van der Waals surface area contributed by atoms with Crippen molar-refractivity contribution in [2.45, 2.75) is 63.2 Å². The van der Waals surface area contributed by atoms with Crippen LogP contribution >= 0.6 is 0 Å². The smallest absolute Gasteiger partial charge is 0.328 e. The number of benzene rings is 5. The van der Waals surface area contributed by atoms with E-state index in [-0.39, 0.29) is 537 Å². The van der Waals surface area contributed by atoms with Crippen LogP contribution in [0.3, 0.4) is 0 Å². The van der Waals surface area contributed by atoms with Gasteiger partial charge in [-0.15, -0.1) is 53.3 Å². The number of rotatable bonds is 2. The van der Waals surface area contributed by atoms with E-state index in [4.69, 9.17) is 0 Å². The molecule has 2 fully saturated rings. The summed E-state index contributed by atoms with van der Waals surface area (Å²) in [4.78, 5) is 0. The molecule has 2 saturated carbocycles. The molecule has 7 rings (SSSR count).